The van der Waals surface area contributed by atoms with E-state index in [4.69, 9.17) is 4.74 Å². The number of hydrogen-bond donors (Lipinski definition) is 2. The van der Waals surface area contributed by atoms with Crippen molar-refractivity contribution < 1.29 is 14.3 Å². The number of ether oxygens (including phenoxy) is 1. The Morgan fingerprint density at radius 1 is 1.16 bits per heavy atom. The van der Waals surface area contributed by atoms with Gasteiger partial charge in [-0.05, 0) is 36.6 Å². The van der Waals surface area contributed by atoms with E-state index in [2.05, 4.69) is 15.3 Å². The topological polar surface area (TPSA) is 87.3 Å². The number of aromatic amines is 1. The Kier molecular flexibility index (Phi) is 5.43. The minimum atomic E-state index is -0.557. The number of hydrogen-bond acceptors (Lipinski definition) is 4. The number of aromatic nitrogens is 2. The van der Waals surface area contributed by atoms with Gasteiger partial charge in [0, 0.05) is 19.2 Å². The van der Waals surface area contributed by atoms with Crippen molar-refractivity contribution in [3.63, 3.8) is 0 Å². The quantitative estimate of drug-likeness (QED) is 0.636. The molecule has 5 rings (SSSR count). The normalized spacial score (nSPS) is 19.8. The fourth-order valence-corrected chi connectivity index (χ4v) is 5.55. The maximum absolute atomic E-state index is 13.9. The molecule has 0 unspecified atom stereocenters. The molecule has 2 aliphatic rings. The van der Waals surface area contributed by atoms with Gasteiger partial charge in [-0.1, -0.05) is 49.6 Å². The highest BCUT2D eigenvalue weighted by molar-refractivity contribution is 6.05. The summed E-state index contributed by atoms with van der Waals surface area (Å²) >= 11 is 0. The first-order valence-corrected chi connectivity index (χ1v) is 11.3. The van der Waals surface area contributed by atoms with Crippen molar-refractivity contribution in [2.24, 2.45) is 0 Å². The number of fused-ring (bicyclic) bond motifs is 2. The Bertz CT molecular complexity index is 1120. The molecule has 32 heavy (non-hydrogen) atoms. The number of carbonyl (C=O) groups is 2. The third-order valence-corrected chi connectivity index (χ3v) is 6.95. The molecular formula is C25H28N4O3. The number of amides is 2. The molecule has 0 saturated heterocycles. The molecule has 1 saturated carbocycles. The fourth-order valence-electron chi connectivity index (χ4n) is 5.55. The monoisotopic (exact) mass is 432 g/mol. The summed E-state index contributed by atoms with van der Waals surface area (Å²) in [5.41, 5.74) is 2.52. The maximum Gasteiger partial charge on any atom is 0.254 e. The molecule has 1 aliphatic heterocycles. The summed E-state index contributed by atoms with van der Waals surface area (Å²) in [5.74, 6) is -0.178. The first-order chi connectivity index (χ1) is 15.6. The molecule has 1 atom stereocenters. The molecule has 0 radical (unpaired) electrons. The number of methoxy groups -OCH3 is 1. The predicted molar refractivity (Wildman–Crippen MR) is 123 cm³/mol. The van der Waals surface area contributed by atoms with Gasteiger partial charge >= 0.3 is 0 Å². The maximum atomic E-state index is 13.9. The molecule has 1 spiro atoms. The minimum absolute atomic E-state index is 0.00710. The van der Waals surface area contributed by atoms with E-state index in [0.29, 0.717) is 24.7 Å². The highest BCUT2D eigenvalue weighted by Crippen LogP contribution is 2.49. The van der Waals surface area contributed by atoms with E-state index < -0.39 is 11.5 Å². The van der Waals surface area contributed by atoms with Crippen LogP contribution in [0.3, 0.4) is 0 Å². The number of benzene rings is 2. The summed E-state index contributed by atoms with van der Waals surface area (Å²) in [6.07, 6.45) is 4.71. The van der Waals surface area contributed by atoms with Gasteiger partial charge in [0.2, 0.25) is 11.9 Å². The van der Waals surface area contributed by atoms with Gasteiger partial charge in [-0.3, -0.25) is 14.9 Å². The van der Waals surface area contributed by atoms with E-state index in [-0.39, 0.29) is 11.8 Å². The SMILES string of the molecule is COCCN1C(=O)c2ccccc2[C@H](C(=O)Nc2nc3ccccc3[nH]2)C12CCCCC2. The Morgan fingerprint density at radius 3 is 2.69 bits per heavy atom. The average Bonchev–Trinajstić information content (AvgIpc) is 3.22. The van der Waals surface area contributed by atoms with Crippen LogP contribution in [0.15, 0.2) is 48.5 Å². The van der Waals surface area contributed by atoms with E-state index in [1.165, 1.54) is 0 Å². The van der Waals surface area contributed by atoms with Crippen LogP contribution in [0.4, 0.5) is 5.95 Å². The van der Waals surface area contributed by atoms with Gasteiger partial charge in [0.05, 0.1) is 29.1 Å². The highest BCUT2D eigenvalue weighted by Gasteiger charge is 2.54. The van der Waals surface area contributed by atoms with Crippen LogP contribution in [0.25, 0.3) is 11.0 Å². The number of carbonyl (C=O) groups excluding carboxylic acids is 2. The zero-order chi connectivity index (χ0) is 22.1. The Morgan fingerprint density at radius 2 is 1.91 bits per heavy atom. The lowest BCUT2D eigenvalue weighted by Gasteiger charge is -2.53. The molecular weight excluding hydrogens is 404 g/mol. The molecule has 1 fully saturated rings. The zero-order valence-corrected chi connectivity index (χ0v) is 18.3. The molecule has 2 aromatic carbocycles. The molecule has 7 nitrogen and oxygen atoms in total. The van der Waals surface area contributed by atoms with Crippen LogP contribution < -0.4 is 5.32 Å². The summed E-state index contributed by atoms with van der Waals surface area (Å²) in [7, 11) is 1.64. The second kappa shape index (κ2) is 8.39. The van der Waals surface area contributed by atoms with Crippen molar-refractivity contribution in [1.82, 2.24) is 14.9 Å². The third kappa shape index (κ3) is 3.37. The summed E-state index contributed by atoms with van der Waals surface area (Å²) < 4.78 is 5.33. The first-order valence-electron chi connectivity index (χ1n) is 11.3. The van der Waals surface area contributed by atoms with Crippen molar-refractivity contribution >= 4 is 28.8 Å². The zero-order valence-electron chi connectivity index (χ0n) is 18.3. The summed E-state index contributed by atoms with van der Waals surface area (Å²) in [6, 6.07) is 15.2. The van der Waals surface area contributed by atoms with Crippen LogP contribution in [0.5, 0.6) is 0 Å². The smallest absolute Gasteiger partial charge is 0.254 e. The van der Waals surface area contributed by atoms with Crippen molar-refractivity contribution in [1.29, 1.82) is 0 Å². The van der Waals surface area contributed by atoms with Crippen molar-refractivity contribution in [3.8, 4) is 0 Å². The Balaban J connectivity index is 1.58. The molecule has 1 aliphatic carbocycles. The van der Waals surface area contributed by atoms with Crippen LogP contribution in [0.1, 0.15) is 53.9 Å². The number of H-pyrrole nitrogens is 1. The molecule has 7 heteroatoms. The lowest BCUT2D eigenvalue weighted by Crippen LogP contribution is -2.62. The molecule has 0 bridgehead atoms. The van der Waals surface area contributed by atoms with Gasteiger partial charge in [-0.2, -0.15) is 0 Å². The standard InChI is InChI=1S/C25H28N4O3/c1-32-16-15-29-23(31)18-10-4-3-9-17(18)21(25(29)13-7-2-8-14-25)22(30)28-24-26-19-11-5-6-12-20(19)27-24/h3-6,9-12,21H,2,7-8,13-16H2,1H3,(H2,26,27,28,30)/t21-/m1/s1. The first kappa shape index (κ1) is 20.7. The number of nitrogens with zero attached hydrogens (tertiary/aromatic N) is 2. The Hall–Kier alpha value is -3.19. The van der Waals surface area contributed by atoms with Gasteiger partial charge < -0.3 is 14.6 Å². The lowest BCUT2D eigenvalue weighted by molar-refractivity contribution is -0.122. The molecule has 2 heterocycles. The third-order valence-electron chi connectivity index (χ3n) is 6.95. The molecule has 3 aromatic rings. The number of imidazole rings is 1. The van der Waals surface area contributed by atoms with Gasteiger partial charge in [0.1, 0.15) is 0 Å². The van der Waals surface area contributed by atoms with Gasteiger partial charge in [-0.15, -0.1) is 0 Å². The Labute approximate surface area is 187 Å². The summed E-state index contributed by atoms with van der Waals surface area (Å²) in [6.45, 7) is 0.908. The molecule has 2 amide bonds. The van der Waals surface area contributed by atoms with E-state index in [0.717, 1.165) is 48.7 Å². The summed E-state index contributed by atoms with van der Waals surface area (Å²) in [4.78, 5) is 37.1. The van der Waals surface area contributed by atoms with Crippen molar-refractivity contribution in [2.45, 2.75) is 43.6 Å². The second-order valence-corrected chi connectivity index (χ2v) is 8.73. The van der Waals surface area contributed by atoms with Gasteiger partial charge in [-0.25, -0.2) is 4.98 Å². The van der Waals surface area contributed by atoms with E-state index in [9.17, 15) is 9.59 Å². The van der Waals surface area contributed by atoms with E-state index in [1.807, 2.05) is 53.4 Å². The van der Waals surface area contributed by atoms with Crippen LogP contribution in [0.2, 0.25) is 0 Å². The van der Waals surface area contributed by atoms with Crippen LogP contribution in [0, 0.1) is 0 Å². The van der Waals surface area contributed by atoms with Crippen LogP contribution in [-0.2, 0) is 9.53 Å². The van der Waals surface area contributed by atoms with Gasteiger partial charge in [0.15, 0.2) is 0 Å². The molecule has 2 N–H and O–H groups in total. The lowest BCUT2D eigenvalue weighted by atomic mass is 9.65. The second-order valence-electron chi connectivity index (χ2n) is 8.73. The molecule has 166 valence electrons. The van der Waals surface area contributed by atoms with Gasteiger partial charge in [0.25, 0.3) is 5.91 Å². The average molecular weight is 433 g/mol. The van der Waals surface area contributed by atoms with Crippen LogP contribution >= 0.6 is 0 Å². The predicted octanol–water partition coefficient (Wildman–Crippen LogP) is 4.09. The van der Waals surface area contributed by atoms with E-state index in [1.54, 1.807) is 7.11 Å². The summed E-state index contributed by atoms with van der Waals surface area (Å²) in [5, 5.41) is 3.03. The largest absolute Gasteiger partial charge is 0.383 e. The van der Waals surface area contributed by atoms with Crippen molar-refractivity contribution in [3.05, 3.63) is 59.7 Å². The minimum Gasteiger partial charge on any atom is -0.383 e. The van der Waals surface area contributed by atoms with Crippen LogP contribution in [-0.4, -0.2) is 52.5 Å². The number of nitrogens with one attached hydrogen (secondary N) is 2. The van der Waals surface area contributed by atoms with Crippen molar-refractivity contribution in [2.75, 3.05) is 25.6 Å². The fraction of sp³-hybridized carbons (Fsp3) is 0.400. The number of rotatable bonds is 5. The highest BCUT2D eigenvalue weighted by atomic mass is 16.5. The molecule has 1 aromatic heterocycles. The number of para-hydroxylation sites is 2. The number of anilines is 1. The van der Waals surface area contributed by atoms with E-state index >= 15 is 0 Å².